The Bertz CT molecular complexity index is 1410. The number of pyridine rings is 1. The van der Waals surface area contributed by atoms with E-state index in [0.717, 1.165) is 27.8 Å². The van der Waals surface area contributed by atoms with Gasteiger partial charge in [-0.3, -0.25) is 9.98 Å². The van der Waals surface area contributed by atoms with Gasteiger partial charge in [0.2, 0.25) is 0 Å². The lowest BCUT2D eigenvalue weighted by Crippen LogP contribution is -2.08. The molecule has 3 nitrogen and oxygen atoms in total. The van der Waals surface area contributed by atoms with Crippen molar-refractivity contribution in [3.63, 3.8) is 0 Å². The zero-order valence-electron chi connectivity index (χ0n) is 17.4. The standard InChI is InChI=1S/C27H23N3/c1-18-27(28-17-19-8-11-23(12-9-19)30(2)3)16-25-24-15-21-7-5-4-6-20(21)14-22(24)10-13-26(25)29-18/h4-17H,1-3H3. The van der Waals surface area contributed by atoms with Gasteiger partial charge >= 0.3 is 0 Å². The molecule has 0 saturated carbocycles. The molecular weight excluding hydrogens is 366 g/mol. The number of anilines is 1. The van der Waals surface area contributed by atoms with Gasteiger partial charge < -0.3 is 4.90 Å². The summed E-state index contributed by atoms with van der Waals surface area (Å²) in [6, 6.07) is 27.8. The molecule has 5 aromatic rings. The number of hydrogen-bond acceptors (Lipinski definition) is 3. The number of hydrogen-bond donors (Lipinski definition) is 0. The Hall–Kier alpha value is -3.72. The molecule has 1 aromatic heterocycles. The molecule has 0 unspecified atom stereocenters. The van der Waals surface area contributed by atoms with Gasteiger partial charge in [-0.05, 0) is 70.4 Å². The number of fused-ring (bicyclic) bond motifs is 4. The van der Waals surface area contributed by atoms with Crippen LogP contribution in [0.4, 0.5) is 11.4 Å². The summed E-state index contributed by atoms with van der Waals surface area (Å²) in [5.41, 5.74) is 5.09. The number of benzene rings is 4. The van der Waals surface area contributed by atoms with Crippen molar-refractivity contribution >= 4 is 50.0 Å². The summed E-state index contributed by atoms with van der Waals surface area (Å²) < 4.78 is 0. The van der Waals surface area contributed by atoms with E-state index in [-0.39, 0.29) is 0 Å². The van der Waals surface area contributed by atoms with Crippen LogP contribution in [0.25, 0.3) is 32.4 Å². The van der Waals surface area contributed by atoms with E-state index in [9.17, 15) is 0 Å². The third-order valence-electron chi connectivity index (χ3n) is 5.61. The molecule has 0 aliphatic heterocycles. The zero-order valence-corrected chi connectivity index (χ0v) is 17.4. The third-order valence-corrected chi connectivity index (χ3v) is 5.61. The van der Waals surface area contributed by atoms with Crippen LogP contribution < -0.4 is 4.90 Å². The van der Waals surface area contributed by atoms with Crippen LogP contribution in [0.1, 0.15) is 11.3 Å². The predicted molar refractivity (Wildman–Crippen MR) is 130 cm³/mol. The van der Waals surface area contributed by atoms with Crippen molar-refractivity contribution in [1.29, 1.82) is 0 Å². The van der Waals surface area contributed by atoms with Crippen LogP contribution in [0, 0.1) is 6.92 Å². The molecule has 146 valence electrons. The van der Waals surface area contributed by atoms with Crippen molar-refractivity contribution in [2.75, 3.05) is 19.0 Å². The van der Waals surface area contributed by atoms with E-state index < -0.39 is 0 Å². The summed E-state index contributed by atoms with van der Waals surface area (Å²) in [4.78, 5) is 11.7. The molecule has 30 heavy (non-hydrogen) atoms. The van der Waals surface area contributed by atoms with E-state index in [1.165, 1.54) is 27.2 Å². The maximum atomic E-state index is 4.83. The minimum absolute atomic E-state index is 0.903. The maximum Gasteiger partial charge on any atom is 0.0848 e. The SMILES string of the molecule is Cc1nc2ccc3cc4ccccc4cc3c2cc1N=Cc1ccc(N(C)C)cc1. The molecule has 0 saturated heterocycles. The summed E-state index contributed by atoms with van der Waals surface area (Å²) in [5.74, 6) is 0. The normalized spacial score (nSPS) is 11.7. The fourth-order valence-electron chi connectivity index (χ4n) is 3.89. The van der Waals surface area contributed by atoms with Crippen molar-refractivity contribution in [2.45, 2.75) is 6.92 Å². The molecule has 0 fully saturated rings. The van der Waals surface area contributed by atoms with Crippen LogP contribution in [0.15, 0.2) is 83.9 Å². The lowest BCUT2D eigenvalue weighted by atomic mass is 10.00. The van der Waals surface area contributed by atoms with Crippen molar-refractivity contribution in [2.24, 2.45) is 4.99 Å². The summed E-state index contributed by atoms with van der Waals surface area (Å²) in [6.07, 6.45) is 1.91. The summed E-state index contributed by atoms with van der Waals surface area (Å²) in [6.45, 7) is 2.02. The van der Waals surface area contributed by atoms with E-state index in [0.29, 0.717) is 0 Å². The highest BCUT2D eigenvalue weighted by Gasteiger charge is 2.07. The van der Waals surface area contributed by atoms with Gasteiger partial charge in [-0.2, -0.15) is 0 Å². The molecule has 0 amide bonds. The lowest BCUT2D eigenvalue weighted by Gasteiger charge is -2.11. The Kier molecular flexibility index (Phi) is 4.44. The molecule has 0 aliphatic carbocycles. The molecule has 0 aliphatic rings. The highest BCUT2D eigenvalue weighted by atomic mass is 15.1. The predicted octanol–water partition coefficient (Wildman–Crippen LogP) is 6.67. The van der Waals surface area contributed by atoms with E-state index in [1.54, 1.807) is 0 Å². The monoisotopic (exact) mass is 389 g/mol. The summed E-state index contributed by atoms with van der Waals surface area (Å²) in [5, 5.41) is 6.07. The Labute approximate surface area is 176 Å². The van der Waals surface area contributed by atoms with Crippen LogP contribution in [0.3, 0.4) is 0 Å². The van der Waals surface area contributed by atoms with Crippen LogP contribution >= 0.6 is 0 Å². The Morgan fingerprint density at radius 2 is 1.50 bits per heavy atom. The number of aromatic nitrogens is 1. The molecular formula is C27H23N3. The van der Waals surface area contributed by atoms with Crippen LogP contribution in [-0.2, 0) is 0 Å². The van der Waals surface area contributed by atoms with E-state index in [4.69, 9.17) is 9.98 Å². The van der Waals surface area contributed by atoms with Gasteiger partial charge in [-0.1, -0.05) is 42.5 Å². The smallest absolute Gasteiger partial charge is 0.0848 e. The molecule has 0 atom stereocenters. The number of nitrogens with zero attached hydrogens (tertiary/aromatic N) is 3. The van der Waals surface area contributed by atoms with Crippen LogP contribution in [0.5, 0.6) is 0 Å². The molecule has 3 heteroatoms. The zero-order chi connectivity index (χ0) is 20.7. The Morgan fingerprint density at radius 1 is 0.767 bits per heavy atom. The van der Waals surface area contributed by atoms with Gasteiger partial charge in [0.1, 0.15) is 0 Å². The van der Waals surface area contributed by atoms with Crippen molar-refractivity contribution < 1.29 is 0 Å². The highest BCUT2D eigenvalue weighted by molar-refractivity contribution is 6.11. The van der Waals surface area contributed by atoms with Gasteiger partial charge in [0.05, 0.1) is 16.9 Å². The minimum Gasteiger partial charge on any atom is -0.378 e. The highest BCUT2D eigenvalue weighted by Crippen LogP contribution is 2.32. The Balaban J connectivity index is 1.62. The quantitative estimate of drug-likeness (QED) is 0.196. The first kappa shape index (κ1) is 18.3. The van der Waals surface area contributed by atoms with Crippen LogP contribution in [-0.4, -0.2) is 25.3 Å². The second-order valence-electron chi connectivity index (χ2n) is 7.89. The largest absolute Gasteiger partial charge is 0.378 e. The molecule has 1 heterocycles. The van der Waals surface area contributed by atoms with Crippen molar-refractivity contribution in [3.05, 3.63) is 90.1 Å². The van der Waals surface area contributed by atoms with Crippen molar-refractivity contribution in [3.8, 4) is 0 Å². The first-order valence-electron chi connectivity index (χ1n) is 10.1. The fraction of sp³-hybridized carbons (Fsp3) is 0.111. The fourth-order valence-corrected chi connectivity index (χ4v) is 3.89. The molecule has 4 aromatic carbocycles. The first-order valence-corrected chi connectivity index (χ1v) is 10.1. The van der Waals surface area contributed by atoms with Crippen LogP contribution in [0.2, 0.25) is 0 Å². The first-order chi connectivity index (χ1) is 14.6. The van der Waals surface area contributed by atoms with Crippen molar-refractivity contribution in [1.82, 2.24) is 4.98 Å². The van der Waals surface area contributed by atoms with Gasteiger partial charge in [-0.25, -0.2) is 0 Å². The van der Waals surface area contributed by atoms with Gasteiger partial charge in [0, 0.05) is 31.4 Å². The number of aryl methyl sites for hydroxylation is 1. The minimum atomic E-state index is 0.903. The molecule has 5 rings (SSSR count). The maximum absolute atomic E-state index is 4.83. The summed E-state index contributed by atoms with van der Waals surface area (Å²) >= 11 is 0. The molecule has 0 N–H and O–H groups in total. The average Bonchev–Trinajstić information content (AvgIpc) is 2.76. The van der Waals surface area contributed by atoms with Gasteiger partial charge in [0.15, 0.2) is 0 Å². The van der Waals surface area contributed by atoms with Gasteiger partial charge in [0.25, 0.3) is 0 Å². The number of rotatable bonds is 3. The third kappa shape index (κ3) is 3.29. The Morgan fingerprint density at radius 3 is 2.23 bits per heavy atom. The van der Waals surface area contributed by atoms with E-state index in [1.807, 2.05) is 27.2 Å². The molecule has 0 spiro atoms. The van der Waals surface area contributed by atoms with Gasteiger partial charge in [-0.15, -0.1) is 0 Å². The second kappa shape index (κ2) is 7.27. The number of aliphatic imine (C=N–C) groups is 1. The molecule has 0 radical (unpaired) electrons. The van der Waals surface area contributed by atoms with E-state index in [2.05, 4.69) is 83.8 Å². The van der Waals surface area contributed by atoms with E-state index >= 15 is 0 Å². The topological polar surface area (TPSA) is 28.5 Å². The second-order valence-corrected chi connectivity index (χ2v) is 7.89. The molecule has 0 bridgehead atoms. The summed E-state index contributed by atoms with van der Waals surface area (Å²) in [7, 11) is 4.08. The average molecular weight is 390 g/mol. The lowest BCUT2D eigenvalue weighted by molar-refractivity contribution is 1.13.